The number of nitrogens with one attached hydrogen (secondary N) is 2. The summed E-state index contributed by atoms with van der Waals surface area (Å²) in [4.78, 5) is 12.3. The van der Waals surface area contributed by atoms with Crippen LogP contribution in [-0.2, 0) is 20.4 Å². The number of sulfone groups is 1. The van der Waals surface area contributed by atoms with Crippen LogP contribution in [0.25, 0.3) is 0 Å². The van der Waals surface area contributed by atoms with E-state index in [1.165, 1.54) is 0 Å². The SMILES string of the molecule is CNCCCC(=O)Nc1ccccc1CS(=O)(=O)c1ccccc1. The van der Waals surface area contributed by atoms with Gasteiger partial charge in [0.15, 0.2) is 9.84 Å². The quantitative estimate of drug-likeness (QED) is 0.721. The van der Waals surface area contributed by atoms with Gasteiger partial charge in [0.25, 0.3) is 0 Å². The number of rotatable bonds is 8. The Hall–Kier alpha value is -2.18. The maximum Gasteiger partial charge on any atom is 0.224 e. The molecule has 0 aromatic heterocycles. The highest BCUT2D eigenvalue weighted by molar-refractivity contribution is 7.90. The number of para-hydroxylation sites is 1. The van der Waals surface area contributed by atoms with Crippen molar-refractivity contribution in [3.8, 4) is 0 Å². The number of benzene rings is 2. The highest BCUT2D eigenvalue weighted by Gasteiger charge is 2.17. The van der Waals surface area contributed by atoms with Crippen LogP contribution in [0.15, 0.2) is 59.5 Å². The van der Waals surface area contributed by atoms with Crippen LogP contribution in [-0.4, -0.2) is 27.9 Å². The smallest absolute Gasteiger partial charge is 0.224 e. The second-order valence-corrected chi connectivity index (χ2v) is 7.47. The fraction of sp³-hybridized carbons (Fsp3) is 0.278. The third-order valence-electron chi connectivity index (χ3n) is 3.57. The fourth-order valence-electron chi connectivity index (χ4n) is 2.32. The van der Waals surface area contributed by atoms with Crippen LogP contribution in [0, 0.1) is 0 Å². The van der Waals surface area contributed by atoms with Gasteiger partial charge in [-0.1, -0.05) is 36.4 Å². The molecule has 2 aromatic carbocycles. The van der Waals surface area contributed by atoms with Gasteiger partial charge in [0, 0.05) is 12.1 Å². The van der Waals surface area contributed by atoms with E-state index in [4.69, 9.17) is 0 Å². The minimum Gasteiger partial charge on any atom is -0.326 e. The lowest BCUT2D eigenvalue weighted by atomic mass is 10.2. The second kappa shape index (κ2) is 8.61. The summed E-state index contributed by atoms with van der Waals surface area (Å²) >= 11 is 0. The van der Waals surface area contributed by atoms with Gasteiger partial charge in [-0.15, -0.1) is 0 Å². The summed E-state index contributed by atoms with van der Waals surface area (Å²) in [6.45, 7) is 0.761. The molecular weight excluding hydrogens is 324 g/mol. The van der Waals surface area contributed by atoms with Crippen molar-refractivity contribution in [3.63, 3.8) is 0 Å². The van der Waals surface area contributed by atoms with E-state index in [2.05, 4.69) is 10.6 Å². The van der Waals surface area contributed by atoms with Crippen molar-refractivity contribution in [2.75, 3.05) is 18.9 Å². The van der Waals surface area contributed by atoms with E-state index in [-0.39, 0.29) is 16.6 Å². The predicted octanol–water partition coefficient (Wildman–Crippen LogP) is 2.60. The van der Waals surface area contributed by atoms with Crippen molar-refractivity contribution in [2.45, 2.75) is 23.5 Å². The van der Waals surface area contributed by atoms with Crippen LogP contribution in [0.5, 0.6) is 0 Å². The summed E-state index contributed by atoms with van der Waals surface area (Å²) in [6, 6.07) is 15.3. The third kappa shape index (κ3) is 5.18. The summed E-state index contributed by atoms with van der Waals surface area (Å²) in [5.74, 6) is -0.265. The molecule has 2 N–H and O–H groups in total. The molecule has 6 heteroatoms. The fourth-order valence-corrected chi connectivity index (χ4v) is 3.72. The molecule has 2 aromatic rings. The molecule has 0 aliphatic heterocycles. The molecule has 0 saturated carbocycles. The number of carbonyl (C=O) groups excluding carboxylic acids is 1. The molecule has 0 heterocycles. The topological polar surface area (TPSA) is 75.3 Å². The number of hydrogen-bond donors (Lipinski definition) is 2. The zero-order chi connectivity index (χ0) is 17.4. The van der Waals surface area contributed by atoms with Gasteiger partial charge in [-0.05, 0) is 43.8 Å². The van der Waals surface area contributed by atoms with E-state index in [0.29, 0.717) is 17.7 Å². The Bertz CT molecular complexity index is 774. The molecule has 0 spiro atoms. The summed E-state index contributed by atoms with van der Waals surface area (Å²) in [6.07, 6.45) is 1.12. The Morgan fingerprint density at radius 3 is 2.38 bits per heavy atom. The van der Waals surface area contributed by atoms with Gasteiger partial charge in [-0.25, -0.2) is 8.42 Å². The van der Waals surface area contributed by atoms with E-state index in [1.54, 1.807) is 54.6 Å². The molecule has 1 amide bonds. The van der Waals surface area contributed by atoms with Gasteiger partial charge >= 0.3 is 0 Å². The Labute approximate surface area is 143 Å². The van der Waals surface area contributed by atoms with Gasteiger partial charge in [0.1, 0.15) is 0 Å². The van der Waals surface area contributed by atoms with E-state index in [0.717, 1.165) is 13.0 Å². The number of carbonyl (C=O) groups is 1. The van der Waals surface area contributed by atoms with E-state index >= 15 is 0 Å². The zero-order valence-electron chi connectivity index (χ0n) is 13.7. The first kappa shape index (κ1) is 18.2. The minimum absolute atomic E-state index is 0.116. The number of amides is 1. The van der Waals surface area contributed by atoms with Gasteiger partial charge < -0.3 is 10.6 Å². The Kier molecular flexibility index (Phi) is 6.52. The van der Waals surface area contributed by atoms with Crippen LogP contribution in [0.2, 0.25) is 0 Å². The molecule has 0 unspecified atom stereocenters. The second-order valence-electron chi connectivity index (χ2n) is 5.48. The van der Waals surface area contributed by atoms with Crippen molar-refractivity contribution in [2.24, 2.45) is 0 Å². The van der Waals surface area contributed by atoms with Crippen LogP contribution in [0.1, 0.15) is 18.4 Å². The van der Waals surface area contributed by atoms with Crippen molar-refractivity contribution < 1.29 is 13.2 Å². The molecule has 5 nitrogen and oxygen atoms in total. The summed E-state index contributed by atoms with van der Waals surface area (Å²) in [5, 5.41) is 5.80. The monoisotopic (exact) mass is 346 g/mol. The molecule has 2 rings (SSSR count). The molecular formula is C18H22N2O3S. The lowest BCUT2D eigenvalue weighted by molar-refractivity contribution is -0.116. The maximum absolute atomic E-state index is 12.5. The number of hydrogen-bond acceptors (Lipinski definition) is 4. The molecule has 0 bridgehead atoms. The zero-order valence-corrected chi connectivity index (χ0v) is 14.5. The Morgan fingerprint density at radius 2 is 1.67 bits per heavy atom. The highest BCUT2D eigenvalue weighted by Crippen LogP contribution is 2.22. The van der Waals surface area contributed by atoms with Crippen molar-refractivity contribution in [3.05, 3.63) is 60.2 Å². The lowest BCUT2D eigenvalue weighted by Crippen LogP contribution is -2.16. The normalized spacial score (nSPS) is 11.2. The predicted molar refractivity (Wildman–Crippen MR) is 95.6 cm³/mol. The van der Waals surface area contributed by atoms with Crippen LogP contribution >= 0.6 is 0 Å². The molecule has 0 fully saturated rings. The van der Waals surface area contributed by atoms with Crippen molar-refractivity contribution in [1.82, 2.24) is 5.32 Å². The average molecular weight is 346 g/mol. The standard InChI is InChI=1S/C18H22N2O3S/c1-19-13-7-12-18(21)20-17-11-6-5-8-15(17)14-24(22,23)16-9-3-2-4-10-16/h2-6,8-11,19H,7,12-14H2,1H3,(H,20,21). The largest absolute Gasteiger partial charge is 0.326 e. The first-order valence-electron chi connectivity index (χ1n) is 7.83. The molecule has 0 saturated heterocycles. The first-order valence-corrected chi connectivity index (χ1v) is 9.48. The lowest BCUT2D eigenvalue weighted by Gasteiger charge is -2.12. The maximum atomic E-state index is 12.5. The van der Waals surface area contributed by atoms with E-state index in [9.17, 15) is 13.2 Å². The van der Waals surface area contributed by atoms with Crippen LogP contribution in [0.4, 0.5) is 5.69 Å². The van der Waals surface area contributed by atoms with Crippen molar-refractivity contribution >= 4 is 21.4 Å². The van der Waals surface area contributed by atoms with Crippen LogP contribution in [0.3, 0.4) is 0 Å². The van der Waals surface area contributed by atoms with Gasteiger partial charge in [-0.2, -0.15) is 0 Å². The summed E-state index contributed by atoms with van der Waals surface area (Å²) in [5.41, 5.74) is 1.13. The van der Waals surface area contributed by atoms with Gasteiger partial charge in [0.2, 0.25) is 5.91 Å². The Morgan fingerprint density at radius 1 is 1.00 bits per heavy atom. The van der Waals surface area contributed by atoms with E-state index < -0.39 is 9.84 Å². The van der Waals surface area contributed by atoms with Crippen LogP contribution < -0.4 is 10.6 Å². The molecule has 0 atom stereocenters. The average Bonchev–Trinajstić information content (AvgIpc) is 2.57. The highest BCUT2D eigenvalue weighted by atomic mass is 32.2. The number of anilines is 1. The van der Waals surface area contributed by atoms with E-state index in [1.807, 2.05) is 7.05 Å². The summed E-state index contributed by atoms with van der Waals surface area (Å²) < 4.78 is 25.1. The molecule has 128 valence electrons. The molecule has 0 aliphatic carbocycles. The molecule has 24 heavy (non-hydrogen) atoms. The third-order valence-corrected chi connectivity index (χ3v) is 5.25. The van der Waals surface area contributed by atoms with Gasteiger partial charge in [-0.3, -0.25) is 4.79 Å². The molecule has 0 radical (unpaired) electrons. The summed E-state index contributed by atoms with van der Waals surface area (Å²) in [7, 11) is -1.62. The van der Waals surface area contributed by atoms with Gasteiger partial charge in [0.05, 0.1) is 10.6 Å². The minimum atomic E-state index is -3.45. The molecule has 0 aliphatic rings. The first-order chi connectivity index (χ1) is 11.5. The van der Waals surface area contributed by atoms with Crippen molar-refractivity contribution in [1.29, 1.82) is 0 Å². The Balaban J connectivity index is 2.13.